The van der Waals surface area contributed by atoms with Crippen LogP contribution in [-0.2, 0) is 102 Å². The first-order valence-corrected chi connectivity index (χ1v) is 30.5. The van der Waals surface area contributed by atoms with Gasteiger partial charge in [0.05, 0.1) is 38.8 Å². The second-order valence-electron chi connectivity index (χ2n) is 22.6. The molecule has 1 saturated heterocycles. The average Bonchev–Trinajstić information content (AvgIpc) is 1.55. The van der Waals surface area contributed by atoms with Crippen LogP contribution in [0.1, 0.15) is 98.0 Å². The van der Waals surface area contributed by atoms with Crippen molar-refractivity contribution in [2.24, 2.45) is 17.4 Å². The number of cyclic esters (lactones) is 1. The van der Waals surface area contributed by atoms with Crippen molar-refractivity contribution < 1.29 is 116 Å². The molecule has 40 heteroatoms. The van der Waals surface area contributed by atoms with Crippen LogP contribution in [0, 0.1) is 5.92 Å². The van der Waals surface area contributed by atoms with Crippen LogP contribution in [0.2, 0.25) is 0 Å². The Morgan fingerprint density at radius 3 is 1.70 bits per heavy atom. The Hall–Kier alpha value is -11.4. The molecule has 1 aliphatic rings. The van der Waals surface area contributed by atoms with E-state index in [0.717, 1.165) is 20.8 Å². The SMILES string of the molecule is CCC(C)C1NC(=O)C(CCC(=O)O)NC(=O)C(C)NC(=O)CNC(=O)C(CC(=O)O)NC(=O)C(C)NC(=O)C(CC(=O)O)NC(=O)C(CCCN)NC(=O)CNC(=O)C(NC(=O)C(CC(=O)O)NC(=O)C(CC(N)=O)NC(=O)C(Cc2c[nH]c3ccccc23)NC=O)C(C)OC1=O. The Balaban J connectivity index is 2.16. The highest BCUT2D eigenvalue weighted by molar-refractivity contribution is 6.01. The maximum atomic E-state index is 14.4. The molecule has 0 saturated carbocycles. The number of aromatic nitrogens is 1. The van der Waals surface area contributed by atoms with Crippen molar-refractivity contribution in [3.8, 4) is 0 Å². The van der Waals surface area contributed by atoms with E-state index < -0.39 is 237 Å². The number of aliphatic carboxylic acids is 4. The molecule has 1 aromatic heterocycles. The number of aromatic amines is 1. The number of carboxylic acid groups (broad SMARTS) is 4. The molecule has 0 bridgehead atoms. The second kappa shape index (κ2) is 39.5. The molecule has 1 aliphatic heterocycles. The van der Waals surface area contributed by atoms with Gasteiger partial charge in [0.2, 0.25) is 83.2 Å². The van der Waals surface area contributed by atoms with Crippen molar-refractivity contribution in [3.05, 3.63) is 36.0 Å². The van der Waals surface area contributed by atoms with Gasteiger partial charge in [0, 0.05) is 29.9 Å². The van der Waals surface area contributed by atoms with E-state index in [1.54, 1.807) is 30.5 Å². The topological polar surface area (TPSA) is 639 Å². The molecule has 538 valence electrons. The van der Waals surface area contributed by atoms with Crippen LogP contribution >= 0.6 is 0 Å². The number of ether oxygens (including phenoxy) is 1. The number of para-hydroxylation sites is 1. The van der Waals surface area contributed by atoms with Crippen LogP contribution in [-0.4, -0.2) is 231 Å². The molecule has 13 unspecified atom stereocenters. The van der Waals surface area contributed by atoms with E-state index in [1.165, 1.54) is 13.8 Å². The fourth-order valence-electron chi connectivity index (χ4n) is 9.38. The zero-order valence-corrected chi connectivity index (χ0v) is 53.8. The lowest BCUT2D eigenvalue weighted by Gasteiger charge is -2.30. The molecule has 3 rings (SSSR count). The first kappa shape index (κ1) is 80.9. The van der Waals surface area contributed by atoms with Gasteiger partial charge in [0.1, 0.15) is 72.6 Å². The number of primary amides is 1. The van der Waals surface area contributed by atoms with E-state index in [1.807, 2.05) is 0 Å². The third-order valence-corrected chi connectivity index (χ3v) is 14.9. The molecule has 0 aliphatic carbocycles. The fourth-order valence-corrected chi connectivity index (χ4v) is 9.38. The number of hydrogen-bond acceptors (Lipinski definition) is 21. The molecule has 22 N–H and O–H groups in total. The molecule has 14 amide bonds. The van der Waals surface area contributed by atoms with E-state index in [4.69, 9.17) is 16.2 Å². The number of nitrogens with two attached hydrogens (primary N) is 2. The molecule has 2 aromatic rings. The molecule has 2 heterocycles. The number of carboxylic acids is 4. The van der Waals surface area contributed by atoms with E-state index in [2.05, 4.69) is 74.1 Å². The summed E-state index contributed by atoms with van der Waals surface area (Å²) in [5.41, 5.74) is 12.3. The Morgan fingerprint density at radius 2 is 1.13 bits per heavy atom. The number of amides is 14. The number of rotatable bonds is 26. The van der Waals surface area contributed by atoms with Crippen LogP contribution in [0.25, 0.3) is 10.9 Å². The minimum atomic E-state index is -2.28. The van der Waals surface area contributed by atoms with Gasteiger partial charge in [-0.3, -0.25) is 86.3 Å². The van der Waals surface area contributed by atoms with Gasteiger partial charge >= 0.3 is 29.8 Å². The van der Waals surface area contributed by atoms with Crippen molar-refractivity contribution in [2.75, 3.05) is 19.6 Å². The zero-order valence-electron chi connectivity index (χ0n) is 53.8. The van der Waals surface area contributed by atoms with Crippen LogP contribution in [0.15, 0.2) is 30.5 Å². The van der Waals surface area contributed by atoms with Gasteiger partial charge in [-0.2, -0.15) is 0 Å². The number of H-pyrrole nitrogens is 1. The van der Waals surface area contributed by atoms with Gasteiger partial charge in [-0.25, -0.2) is 4.79 Å². The van der Waals surface area contributed by atoms with Gasteiger partial charge in [-0.05, 0) is 64.1 Å². The second-order valence-corrected chi connectivity index (χ2v) is 22.6. The predicted octanol–water partition coefficient (Wildman–Crippen LogP) is -8.16. The first-order chi connectivity index (χ1) is 46.1. The van der Waals surface area contributed by atoms with Crippen LogP contribution < -0.4 is 80.6 Å². The van der Waals surface area contributed by atoms with Gasteiger partial charge in [0.25, 0.3) is 0 Å². The highest BCUT2D eigenvalue weighted by atomic mass is 16.5. The number of fused-ring (bicyclic) bond motifs is 1. The van der Waals surface area contributed by atoms with Gasteiger partial charge in [0.15, 0.2) is 0 Å². The van der Waals surface area contributed by atoms with E-state index in [-0.39, 0.29) is 38.6 Å². The summed E-state index contributed by atoms with van der Waals surface area (Å²) < 4.78 is 5.66. The third kappa shape index (κ3) is 26.8. The van der Waals surface area contributed by atoms with Crippen molar-refractivity contribution >= 4 is 124 Å². The maximum absolute atomic E-state index is 14.4. The largest absolute Gasteiger partial charge is 0.481 e. The smallest absolute Gasteiger partial charge is 0.329 e. The molecule has 0 spiro atoms. The molecule has 1 fully saturated rings. The van der Waals surface area contributed by atoms with Crippen LogP contribution in [0.4, 0.5) is 0 Å². The molecule has 40 nitrogen and oxygen atoms in total. The zero-order chi connectivity index (χ0) is 73.7. The number of benzene rings is 1. The lowest BCUT2D eigenvalue weighted by atomic mass is 9.98. The summed E-state index contributed by atoms with van der Waals surface area (Å²) in [5, 5.41) is 67.7. The lowest BCUT2D eigenvalue weighted by Crippen LogP contribution is -2.61. The van der Waals surface area contributed by atoms with Crippen molar-refractivity contribution in [2.45, 2.75) is 171 Å². The first-order valence-electron chi connectivity index (χ1n) is 30.5. The van der Waals surface area contributed by atoms with Crippen molar-refractivity contribution in [1.29, 1.82) is 0 Å². The molecule has 0 radical (unpaired) electrons. The Labute approximate surface area is 557 Å². The van der Waals surface area contributed by atoms with Crippen molar-refractivity contribution in [3.63, 3.8) is 0 Å². The highest BCUT2D eigenvalue weighted by Crippen LogP contribution is 2.20. The number of esters is 1. The van der Waals surface area contributed by atoms with E-state index >= 15 is 0 Å². The fraction of sp³-hybridized carbons (Fsp3) is 0.534. The van der Waals surface area contributed by atoms with Crippen LogP contribution in [0.3, 0.4) is 0 Å². The van der Waals surface area contributed by atoms with Gasteiger partial charge in [-0.15, -0.1) is 0 Å². The molecule has 13 atom stereocenters. The number of carbonyl (C=O) groups is 19. The summed E-state index contributed by atoms with van der Waals surface area (Å²) >= 11 is 0. The minimum Gasteiger partial charge on any atom is -0.481 e. The van der Waals surface area contributed by atoms with Crippen LogP contribution in [0.5, 0.6) is 0 Å². The molecular weight excluding hydrogens is 1300 g/mol. The summed E-state index contributed by atoms with van der Waals surface area (Å²) in [5.74, 6) is -25.6. The lowest BCUT2D eigenvalue weighted by molar-refractivity contribution is -0.157. The number of carbonyl (C=O) groups excluding carboxylic acids is 15. The number of hydrogen-bond donors (Lipinski definition) is 20. The quantitative estimate of drug-likeness (QED) is 0.0307. The van der Waals surface area contributed by atoms with E-state index in [0.29, 0.717) is 16.5 Å². The summed E-state index contributed by atoms with van der Waals surface area (Å²) in [4.78, 5) is 254. The Morgan fingerprint density at radius 1 is 0.612 bits per heavy atom. The molecule has 98 heavy (non-hydrogen) atoms. The van der Waals surface area contributed by atoms with Crippen molar-refractivity contribution in [1.82, 2.24) is 74.1 Å². The predicted molar refractivity (Wildman–Crippen MR) is 332 cm³/mol. The summed E-state index contributed by atoms with van der Waals surface area (Å²) in [6, 6.07) is -13.8. The van der Waals surface area contributed by atoms with Gasteiger partial charge < -0.3 is 111 Å². The standard InChI is InChI=1S/C58H82N16O24/c1-6-25(2)46-58(97)98-28(5)47(74-56(95)38(20-45(85)86)72-55(94)35(17-39(60)76)70-53(92)34(64-24-75)16-29-21-61-31-11-8-7-10-30(29)31)57(96)63-23-41(78)67-32(12-9-15-59)51(90)71-37(19-44(83)84)54(93)66-27(4)49(88)69-36(18-43(81)82)50(89)62-22-40(77)65-26(3)48(87)68-33(52(91)73-46)13-14-42(79)80/h7-8,10-11,21,24-28,32-38,46-47,61H,6,9,12-20,22-23,59H2,1-5H3,(H2,60,76)(H,62,89)(H,63,96)(H,64,75)(H,65,77)(H,66,93)(H,67,78)(H,68,87)(H,69,88)(H,70,92)(H,71,90)(H,72,94)(H,73,91)(H,74,95)(H,79,80)(H,81,82)(H,83,84)(H,85,86). The number of nitrogens with one attached hydrogen (secondary N) is 14. The van der Waals surface area contributed by atoms with E-state index in [9.17, 15) is 112 Å². The Kier molecular flexibility index (Phi) is 32.6. The summed E-state index contributed by atoms with van der Waals surface area (Å²) in [6.07, 6.45) is -6.88. The Bertz CT molecular complexity index is 3320. The maximum Gasteiger partial charge on any atom is 0.329 e. The highest BCUT2D eigenvalue weighted by Gasteiger charge is 2.40. The minimum absolute atomic E-state index is 0.0440. The monoisotopic (exact) mass is 1390 g/mol. The summed E-state index contributed by atoms with van der Waals surface area (Å²) in [7, 11) is 0. The molecular formula is C58H82N16O24. The van der Waals surface area contributed by atoms with Gasteiger partial charge in [-0.1, -0.05) is 38.5 Å². The normalized spacial score (nSPS) is 22.9. The molecule has 1 aromatic carbocycles. The summed E-state index contributed by atoms with van der Waals surface area (Å²) in [6.45, 7) is 3.72. The average molecular weight is 1390 g/mol. The third-order valence-electron chi connectivity index (χ3n) is 14.9.